The summed E-state index contributed by atoms with van der Waals surface area (Å²) in [6.45, 7) is 5.91. The number of hydrazone groups is 1. The minimum atomic E-state index is -0.628. The molecule has 0 radical (unpaired) electrons. The van der Waals surface area contributed by atoms with Gasteiger partial charge in [-0.25, -0.2) is 9.82 Å². The molecule has 35 heavy (non-hydrogen) atoms. The Morgan fingerprint density at radius 2 is 1.57 bits per heavy atom. The molecule has 0 atom stereocenters. The molecule has 0 unspecified atom stereocenters. The van der Waals surface area contributed by atoms with E-state index in [0.29, 0.717) is 11.1 Å². The maximum absolute atomic E-state index is 13.1. The van der Waals surface area contributed by atoms with E-state index in [9.17, 15) is 14.0 Å². The fourth-order valence-electron chi connectivity index (χ4n) is 3.30. The molecule has 0 aromatic heterocycles. The van der Waals surface area contributed by atoms with Gasteiger partial charge >= 0.3 is 0 Å². The number of amides is 2. The van der Waals surface area contributed by atoms with Gasteiger partial charge in [0.1, 0.15) is 11.5 Å². The van der Waals surface area contributed by atoms with Gasteiger partial charge < -0.3 is 10.2 Å². The number of carbonyl (C=O) groups is 2. The Bertz CT molecular complexity index is 1220. The zero-order chi connectivity index (χ0) is 25.2. The molecule has 0 saturated heterocycles. The van der Waals surface area contributed by atoms with Crippen molar-refractivity contribution in [2.24, 2.45) is 5.10 Å². The van der Waals surface area contributed by atoms with Crippen molar-refractivity contribution in [3.63, 3.8) is 0 Å². The van der Waals surface area contributed by atoms with E-state index in [-0.39, 0.29) is 22.1 Å². The van der Waals surface area contributed by atoms with Crippen LogP contribution < -0.4 is 15.6 Å². The second-order valence-electron chi connectivity index (χ2n) is 7.51. The van der Waals surface area contributed by atoms with Gasteiger partial charge in [0.05, 0.1) is 16.8 Å². The third-order valence-corrected chi connectivity index (χ3v) is 5.52. The van der Waals surface area contributed by atoms with E-state index in [1.807, 2.05) is 24.3 Å². The summed E-state index contributed by atoms with van der Waals surface area (Å²) in [7, 11) is 0. The van der Waals surface area contributed by atoms with Crippen LogP contribution in [0.5, 0.6) is 0 Å². The summed E-state index contributed by atoms with van der Waals surface area (Å²) < 4.78 is 13.1. The topological polar surface area (TPSA) is 73.8 Å². The monoisotopic (exact) mass is 492 g/mol. The molecular weight excluding hydrogens is 467 g/mol. The SMILES string of the molecule is CCN(CC)c1ccc(/C=C(\NC(=O)c2ccccc2Cl)C(=O)N/N=C/c2ccc(F)cc2)cc1. The number of halogens is 2. The predicted octanol–water partition coefficient (Wildman–Crippen LogP) is 5.25. The molecule has 180 valence electrons. The van der Waals surface area contributed by atoms with Gasteiger partial charge in [-0.2, -0.15) is 5.10 Å². The van der Waals surface area contributed by atoms with Crippen LogP contribution in [0.2, 0.25) is 5.02 Å². The molecule has 0 fully saturated rings. The van der Waals surface area contributed by atoms with E-state index < -0.39 is 11.8 Å². The molecule has 6 nitrogen and oxygen atoms in total. The second-order valence-corrected chi connectivity index (χ2v) is 7.91. The molecule has 0 saturated carbocycles. The highest BCUT2D eigenvalue weighted by atomic mass is 35.5. The maximum atomic E-state index is 13.1. The molecule has 0 heterocycles. The first-order chi connectivity index (χ1) is 16.9. The predicted molar refractivity (Wildman–Crippen MR) is 139 cm³/mol. The standard InChI is InChI=1S/C27H26ClFN4O2/c1-3-33(4-2)22-15-11-19(12-16-22)17-25(31-26(34)23-7-5-6-8-24(23)28)27(35)32-30-18-20-9-13-21(29)14-10-20/h5-18H,3-4H2,1-2H3,(H,31,34)(H,32,35)/b25-17-,30-18+. The second kappa shape index (κ2) is 12.5. The number of nitrogens with zero attached hydrogens (tertiary/aromatic N) is 2. The van der Waals surface area contributed by atoms with Crippen molar-refractivity contribution >= 4 is 41.4 Å². The van der Waals surface area contributed by atoms with Crippen LogP contribution in [0, 0.1) is 5.82 Å². The van der Waals surface area contributed by atoms with Crippen LogP contribution in [-0.4, -0.2) is 31.1 Å². The molecule has 3 aromatic rings. The number of nitrogens with one attached hydrogen (secondary N) is 2. The van der Waals surface area contributed by atoms with E-state index in [4.69, 9.17) is 11.6 Å². The van der Waals surface area contributed by atoms with Crippen LogP contribution >= 0.6 is 11.6 Å². The van der Waals surface area contributed by atoms with Crippen LogP contribution in [0.25, 0.3) is 6.08 Å². The molecule has 2 N–H and O–H groups in total. The van der Waals surface area contributed by atoms with Crippen molar-refractivity contribution in [1.82, 2.24) is 10.7 Å². The summed E-state index contributed by atoms with van der Waals surface area (Å²) in [6.07, 6.45) is 2.94. The summed E-state index contributed by atoms with van der Waals surface area (Å²) in [5.41, 5.74) is 5.00. The van der Waals surface area contributed by atoms with Crippen molar-refractivity contribution in [2.75, 3.05) is 18.0 Å². The van der Waals surface area contributed by atoms with Crippen LogP contribution in [0.1, 0.15) is 35.3 Å². The molecule has 0 bridgehead atoms. The van der Waals surface area contributed by atoms with Crippen molar-refractivity contribution in [1.29, 1.82) is 0 Å². The lowest BCUT2D eigenvalue weighted by atomic mass is 10.1. The van der Waals surface area contributed by atoms with Crippen molar-refractivity contribution in [2.45, 2.75) is 13.8 Å². The molecular formula is C27H26ClFN4O2. The average Bonchev–Trinajstić information content (AvgIpc) is 2.86. The van der Waals surface area contributed by atoms with Crippen LogP contribution in [-0.2, 0) is 4.79 Å². The minimum Gasteiger partial charge on any atom is -0.372 e. The summed E-state index contributed by atoms with van der Waals surface area (Å²) in [5, 5.41) is 6.82. The Hall–Kier alpha value is -3.97. The molecule has 2 amide bonds. The van der Waals surface area contributed by atoms with E-state index in [1.165, 1.54) is 30.5 Å². The number of anilines is 1. The normalized spacial score (nSPS) is 11.4. The lowest BCUT2D eigenvalue weighted by Gasteiger charge is -2.21. The van der Waals surface area contributed by atoms with E-state index in [2.05, 4.69) is 34.6 Å². The fourth-order valence-corrected chi connectivity index (χ4v) is 3.53. The smallest absolute Gasteiger partial charge is 0.287 e. The number of hydrogen-bond acceptors (Lipinski definition) is 4. The highest BCUT2D eigenvalue weighted by Gasteiger charge is 2.16. The number of hydrogen-bond donors (Lipinski definition) is 2. The zero-order valence-electron chi connectivity index (χ0n) is 19.5. The van der Waals surface area contributed by atoms with Gasteiger partial charge in [0.25, 0.3) is 11.8 Å². The zero-order valence-corrected chi connectivity index (χ0v) is 20.2. The first-order valence-corrected chi connectivity index (χ1v) is 11.5. The van der Waals surface area contributed by atoms with E-state index in [1.54, 1.807) is 30.3 Å². The third kappa shape index (κ3) is 7.25. The van der Waals surface area contributed by atoms with E-state index >= 15 is 0 Å². The van der Waals surface area contributed by atoms with Crippen LogP contribution in [0.4, 0.5) is 10.1 Å². The first kappa shape index (κ1) is 25.6. The number of carbonyl (C=O) groups excluding carboxylic acids is 2. The summed E-state index contributed by atoms with van der Waals surface area (Å²) >= 11 is 6.14. The van der Waals surface area contributed by atoms with Gasteiger partial charge in [-0.3, -0.25) is 9.59 Å². The Morgan fingerprint density at radius 3 is 2.20 bits per heavy atom. The van der Waals surface area contributed by atoms with Crippen LogP contribution in [0.3, 0.4) is 0 Å². The van der Waals surface area contributed by atoms with Crippen molar-refractivity contribution < 1.29 is 14.0 Å². The largest absolute Gasteiger partial charge is 0.372 e. The lowest BCUT2D eigenvalue weighted by Crippen LogP contribution is -2.33. The maximum Gasteiger partial charge on any atom is 0.287 e. The molecule has 3 rings (SSSR count). The Kier molecular flexibility index (Phi) is 9.15. The van der Waals surface area contributed by atoms with Gasteiger partial charge in [-0.15, -0.1) is 0 Å². The molecule has 3 aromatic carbocycles. The average molecular weight is 493 g/mol. The molecule has 0 aliphatic rings. The molecule has 8 heteroatoms. The summed E-state index contributed by atoms with van der Waals surface area (Å²) in [6, 6.07) is 19.8. The Labute approximate surface area is 209 Å². The van der Waals surface area contributed by atoms with E-state index in [0.717, 1.165) is 18.8 Å². The summed E-state index contributed by atoms with van der Waals surface area (Å²) in [5.74, 6) is -1.53. The molecule has 0 spiro atoms. The lowest BCUT2D eigenvalue weighted by molar-refractivity contribution is -0.117. The van der Waals surface area contributed by atoms with Gasteiger partial charge in [0, 0.05) is 18.8 Å². The molecule has 0 aliphatic carbocycles. The molecule has 0 aliphatic heterocycles. The highest BCUT2D eigenvalue weighted by Crippen LogP contribution is 2.18. The Balaban J connectivity index is 1.84. The quantitative estimate of drug-likeness (QED) is 0.243. The van der Waals surface area contributed by atoms with Gasteiger partial charge in [-0.05, 0) is 67.4 Å². The highest BCUT2D eigenvalue weighted by molar-refractivity contribution is 6.34. The number of benzene rings is 3. The van der Waals surface area contributed by atoms with Gasteiger partial charge in [0.2, 0.25) is 0 Å². The number of rotatable bonds is 9. The van der Waals surface area contributed by atoms with Crippen molar-refractivity contribution in [3.05, 3.63) is 106 Å². The van der Waals surface area contributed by atoms with Gasteiger partial charge in [0.15, 0.2) is 0 Å². The minimum absolute atomic E-state index is 0.0123. The summed E-state index contributed by atoms with van der Waals surface area (Å²) in [4.78, 5) is 27.9. The fraction of sp³-hybridized carbons (Fsp3) is 0.148. The van der Waals surface area contributed by atoms with Gasteiger partial charge in [-0.1, -0.05) is 48.0 Å². The third-order valence-electron chi connectivity index (χ3n) is 5.19. The van der Waals surface area contributed by atoms with Crippen LogP contribution in [0.15, 0.2) is 83.6 Å². The Morgan fingerprint density at radius 1 is 0.943 bits per heavy atom. The first-order valence-electron chi connectivity index (χ1n) is 11.1. The van der Waals surface area contributed by atoms with Crippen molar-refractivity contribution in [3.8, 4) is 0 Å².